The first kappa shape index (κ1) is 9.65. The number of hydrogen-bond acceptors (Lipinski definition) is 2. The number of hydrogen-bond donors (Lipinski definition) is 1. The van der Waals surface area contributed by atoms with Crippen LogP contribution >= 0.6 is 23.2 Å². The molecule has 0 aliphatic heterocycles. The molecule has 0 amide bonds. The van der Waals surface area contributed by atoms with Gasteiger partial charge in [0, 0.05) is 12.6 Å². The Balaban J connectivity index is 2.69. The van der Waals surface area contributed by atoms with Crippen LogP contribution in [0.4, 0.5) is 0 Å². The largest absolute Gasteiger partial charge is 0.492 e. The summed E-state index contributed by atoms with van der Waals surface area (Å²) in [5.41, 5.74) is 5.26. The Hall–Kier alpha value is -0.440. The molecule has 0 spiro atoms. The lowest BCUT2D eigenvalue weighted by molar-refractivity contribution is 0.328. The summed E-state index contributed by atoms with van der Waals surface area (Å²) < 4.78 is 5.22. The molecular weight excluding hydrogens is 197 g/mol. The van der Waals surface area contributed by atoms with Gasteiger partial charge >= 0.3 is 0 Å². The molecule has 0 bridgehead atoms. The SMILES string of the molecule is NCCOc1ccc(Cl)c(Cl)c1. The Labute approximate surface area is 81.2 Å². The van der Waals surface area contributed by atoms with E-state index < -0.39 is 0 Å². The molecule has 0 fully saturated rings. The number of ether oxygens (including phenoxy) is 1. The van der Waals surface area contributed by atoms with Gasteiger partial charge < -0.3 is 10.5 Å². The van der Waals surface area contributed by atoms with Crippen molar-refractivity contribution < 1.29 is 4.74 Å². The van der Waals surface area contributed by atoms with Crippen molar-refractivity contribution in [1.82, 2.24) is 0 Å². The maximum absolute atomic E-state index is 5.75. The fourth-order valence-corrected chi connectivity index (χ4v) is 1.03. The van der Waals surface area contributed by atoms with Gasteiger partial charge in [-0.05, 0) is 12.1 Å². The lowest BCUT2D eigenvalue weighted by atomic mass is 10.3. The zero-order chi connectivity index (χ0) is 8.97. The summed E-state index contributed by atoms with van der Waals surface area (Å²) in [6.07, 6.45) is 0. The summed E-state index contributed by atoms with van der Waals surface area (Å²) in [7, 11) is 0. The molecule has 12 heavy (non-hydrogen) atoms. The predicted octanol–water partition coefficient (Wildman–Crippen LogP) is 2.33. The average Bonchev–Trinajstić information content (AvgIpc) is 2.07. The Morgan fingerprint density at radius 3 is 2.58 bits per heavy atom. The average molecular weight is 206 g/mol. The first-order valence-corrected chi connectivity index (χ1v) is 4.27. The van der Waals surface area contributed by atoms with E-state index >= 15 is 0 Å². The van der Waals surface area contributed by atoms with Crippen molar-refractivity contribution >= 4 is 23.2 Å². The highest BCUT2D eigenvalue weighted by Gasteiger charge is 1.98. The first-order valence-electron chi connectivity index (χ1n) is 3.52. The van der Waals surface area contributed by atoms with E-state index in [2.05, 4.69) is 0 Å². The monoisotopic (exact) mass is 205 g/mol. The molecule has 1 aromatic rings. The summed E-state index contributed by atoms with van der Waals surface area (Å²) in [5.74, 6) is 0.690. The molecule has 0 radical (unpaired) electrons. The molecule has 0 saturated carbocycles. The van der Waals surface area contributed by atoms with Gasteiger partial charge in [0.05, 0.1) is 10.0 Å². The van der Waals surface area contributed by atoms with E-state index in [1.54, 1.807) is 18.2 Å². The van der Waals surface area contributed by atoms with Crippen LogP contribution in [-0.4, -0.2) is 13.2 Å². The van der Waals surface area contributed by atoms with Gasteiger partial charge in [0.15, 0.2) is 0 Å². The Morgan fingerprint density at radius 1 is 1.25 bits per heavy atom. The van der Waals surface area contributed by atoms with Gasteiger partial charge in [0.1, 0.15) is 12.4 Å². The summed E-state index contributed by atoms with van der Waals surface area (Å²) in [6, 6.07) is 5.11. The molecule has 0 aliphatic carbocycles. The summed E-state index contributed by atoms with van der Waals surface area (Å²) >= 11 is 11.5. The minimum atomic E-state index is 0.484. The second-order valence-corrected chi connectivity index (χ2v) is 3.03. The van der Waals surface area contributed by atoms with Crippen LogP contribution in [0.2, 0.25) is 10.0 Å². The second kappa shape index (κ2) is 4.55. The number of nitrogens with two attached hydrogens (primary N) is 1. The minimum Gasteiger partial charge on any atom is -0.492 e. The minimum absolute atomic E-state index is 0.484. The summed E-state index contributed by atoms with van der Waals surface area (Å²) in [5, 5.41) is 1.02. The number of benzene rings is 1. The Morgan fingerprint density at radius 2 is 2.00 bits per heavy atom. The highest BCUT2D eigenvalue weighted by Crippen LogP contribution is 2.26. The topological polar surface area (TPSA) is 35.2 Å². The molecule has 0 atom stereocenters. The van der Waals surface area contributed by atoms with E-state index in [0.717, 1.165) is 0 Å². The lowest BCUT2D eigenvalue weighted by Crippen LogP contribution is -2.10. The number of rotatable bonds is 3. The molecule has 2 N–H and O–H groups in total. The van der Waals surface area contributed by atoms with E-state index in [4.69, 9.17) is 33.7 Å². The van der Waals surface area contributed by atoms with E-state index in [-0.39, 0.29) is 0 Å². The maximum Gasteiger partial charge on any atom is 0.120 e. The van der Waals surface area contributed by atoms with Gasteiger partial charge in [-0.2, -0.15) is 0 Å². The smallest absolute Gasteiger partial charge is 0.120 e. The molecule has 0 aromatic heterocycles. The lowest BCUT2D eigenvalue weighted by Gasteiger charge is -2.04. The summed E-state index contributed by atoms with van der Waals surface area (Å²) in [6.45, 7) is 0.970. The molecule has 0 aliphatic rings. The molecule has 1 rings (SSSR count). The van der Waals surface area contributed by atoms with Crippen LogP contribution in [0, 0.1) is 0 Å². The van der Waals surface area contributed by atoms with Crippen LogP contribution < -0.4 is 10.5 Å². The van der Waals surface area contributed by atoms with E-state index in [1.165, 1.54) is 0 Å². The maximum atomic E-state index is 5.75. The van der Waals surface area contributed by atoms with Crippen LogP contribution in [0.3, 0.4) is 0 Å². The van der Waals surface area contributed by atoms with E-state index in [0.29, 0.717) is 28.9 Å². The quantitative estimate of drug-likeness (QED) is 0.823. The van der Waals surface area contributed by atoms with Crippen molar-refractivity contribution in [2.45, 2.75) is 0 Å². The normalized spacial score (nSPS) is 9.92. The van der Waals surface area contributed by atoms with Crippen LogP contribution in [0.15, 0.2) is 18.2 Å². The fraction of sp³-hybridized carbons (Fsp3) is 0.250. The third-order valence-electron chi connectivity index (χ3n) is 1.28. The summed E-state index contributed by atoms with van der Waals surface area (Å²) in [4.78, 5) is 0. The highest BCUT2D eigenvalue weighted by atomic mass is 35.5. The molecule has 2 nitrogen and oxygen atoms in total. The van der Waals surface area contributed by atoms with Crippen molar-refractivity contribution in [2.24, 2.45) is 5.73 Å². The van der Waals surface area contributed by atoms with E-state index in [9.17, 15) is 0 Å². The molecule has 0 saturated heterocycles. The van der Waals surface area contributed by atoms with Crippen LogP contribution in [0.5, 0.6) is 5.75 Å². The molecule has 0 unspecified atom stereocenters. The van der Waals surface area contributed by atoms with Crippen LogP contribution in [-0.2, 0) is 0 Å². The van der Waals surface area contributed by atoms with Gasteiger partial charge in [-0.3, -0.25) is 0 Å². The van der Waals surface area contributed by atoms with Gasteiger partial charge in [-0.15, -0.1) is 0 Å². The molecule has 4 heteroatoms. The van der Waals surface area contributed by atoms with E-state index in [1.807, 2.05) is 0 Å². The Kier molecular flexibility index (Phi) is 3.66. The first-order chi connectivity index (χ1) is 5.74. The molecule has 0 heterocycles. The number of halogens is 2. The van der Waals surface area contributed by atoms with Gasteiger partial charge in [-0.25, -0.2) is 0 Å². The van der Waals surface area contributed by atoms with Gasteiger partial charge in [0.25, 0.3) is 0 Å². The van der Waals surface area contributed by atoms with Crippen LogP contribution in [0.1, 0.15) is 0 Å². The van der Waals surface area contributed by atoms with Gasteiger partial charge in [0.2, 0.25) is 0 Å². The standard InChI is InChI=1S/C8H9Cl2NO/c9-7-2-1-6(5-8(7)10)12-4-3-11/h1-2,5H,3-4,11H2. The van der Waals surface area contributed by atoms with Crippen LogP contribution in [0.25, 0.3) is 0 Å². The third-order valence-corrected chi connectivity index (χ3v) is 2.02. The van der Waals surface area contributed by atoms with Crippen molar-refractivity contribution in [3.8, 4) is 5.75 Å². The van der Waals surface area contributed by atoms with Gasteiger partial charge in [-0.1, -0.05) is 23.2 Å². The molecule has 66 valence electrons. The second-order valence-electron chi connectivity index (χ2n) is 2.21. The Bertz CT molecular complexity index is 265. The predicted molar refractivity (Wildman–Crippen MR) is 51.0 cm³/mol. The van der Waals surface area contributed by atoms with Crippen molar-refractivity contribution in [3.63, 3.8) is 0 Å². The van der Waals surface area contributed by atoms with Crippen molar-refractivity contribution in [3.05, 3.63) is 28.2 Å². The third kappa shape index (κ3) is 2.55. The molecule has 1 aromatic carbocycles. The molecular formula is C8H9Cl2NO. The van der Waals surface area contributed by atoms with Crippen molar-refractivity contribution in [2.75, 3.05) is 13.2 Å². The zero-order valence-corrected chi connectivity index (χ0v) is 7.90. The zero-order valence-electron chi connectivity index (χ0n) is 6.39. The highest BCUT2D eigenvalue weighted by molar-refractivity contribution is 6.42. The van der Waals surface area contributed by atoms with Crippen molar-refractivity contribution in [1.29, 1.82) is 0 Å². The fourth-order valence-electron chi connectivity index (χ4n) is 0.743.